The van der Waals surface area contributed by atoms with Crippen LogP contribution in [0.4, 0.5) is 8.78 Å². The Morgan fingerprint density at radius 2 is 1.57 bits per heavy atom. The molecule has 5 rings (SSSR count). The molecule has 6 heteroatoms. The third kappa shape index (κ3) is 2.63. The van der Waals surface area contributed by atoms with Gasteiger partial charge < -0.3 is 0 Å². The Balaban J connectivity index is 1.90. The molecule has 136 valence electrons. The van der Waals surface area contributed by atoms with Gasteiger partial charge in [0.25, 0.3) is 0 Å². The molecule has 3 aromatic carbocycles. The van der Waals surface area contributed by atoms with Crippen molar-refractivity contribution >= 4 is 33.4 Å². The summed E-state index contributed by atoms with van der Waals surface area (Å²) in [6.07, 6.45) is 1.61. The Morgan fingerprint density at radius 3 is 2.32 bits per heavy atom. The molecule has 3 nitrogen and oxygen atoms in total. The molecule has 0 radical (unpaired) electrons. The third-order valence-corrected chi connectivity index (χ3v) is 4.93. The summed E-state index contributed by atoms with van der Waals surface area (Å²) in [7, 11) is 0. The predicted octanol–water partition coefficient (Wildman–Crippen LogP) is 6.17. The SMILES string of the molecule is Fc1ccc(-c2nn(-c3ccc(Cl)cc3)c3c2cnc2c(F)cccc23)cc1. The summed E-state index contributed by atoms with van der Waals surface area (Å²) < 4.78 is 29.5. The van der Waals surface area contributed by atoms with E-state index in [4.69, 9.17) is 16.7 Å². The highest BCUT2D eigenvalue weighted by atomic mass is 35.5. The van der Waals surface area contributed by atoms with E-state index in [9.17, 15) is 8.78 Å². The molecule has 5 aromatic rings. The van der Waals surface area contributed by atoms with Gasteiger partial charge in [0.1, 0.15) is 22.8 Å². The van der Waals surface area contributed by atoms with Crippen molar-refractivity contribution in [3.63, 3.8) is 0 Å². The molecular weight excluding hydrogens is 380 g/mol. The lowest BCUT2D eigenvalue weighted by Gasteiger charge is -2.06. The van der Waals surface area contributed by atoms with Crippen LogP contribution < -0.4 is 0 Å². The fourth-order valence-electron chi connectivity index (χ4n) is 3.37. The van der Waals surface area contributed by atoms with E-state index in [2.05, 4.69) is 4.98 Å². The van der Waals surface area contributed by atoms with Crippen LogP contribution >= 0.6 is 11.6 Å². The molecule has 28 heavy (non-hydrogen) atoms. The van der Waals surface area contributed by atoms with E-state index in [1.165, 1.54) is 18.2 Å². The van der Waals surface area contributed by atoms with E-state index < -0.39 is 5.82 Å². The number of pyridine rings is 1. The average Bonchev–Trinajstić information content (AvgIpc) is 3.10. The van der Waals surface area contributed by atoms with Gasteiger partial charge in [-0.15, -0.1) is 0 Å². The molecule has 0 saturated heterocycles. The van der Waals surface area contributed by atoms with E-state index in [0.717, 1.165) is 22.2 Å². The van der Waals surface area contributed by atoms with Gasteiger partial charge in [0, 0.05) is 27.6 Å². The monoisotopic (exact) mass is 391 g/mol. The lowest BCUT2D eigenvalue weighted by atomic mass is 10.1. The summed E-state index contributed by atoms with van der Waals surface area (Å²) in [5.74, 6) is -0.720. The molecule has 2 heterocycles. The van der Waals surface area contributed by atoms with Crippen LogP contribution in [-0.2, 0) is 0 Å². The van der Waals surface area contributed by atoms with Crippen LogP contribution in [0.5, 0.6) is 0 Å². The van der Waals surface area contributed by atoms with Crippen molar-refractivity contribution in [3.8, 4) is 16.9 Å². The van der Waals surface area contributed by atoms with E-state index in [0.29, 0.717) is 16.1 Å². The van der Waals surface area contributed by atoms with Crippen molar-refractivity contribution in [2.45, 2.75) is 0 Å². The van der Waals surface area contributed by atoms with Crippen molar-refractivity contribution in [3.05, 3.63) is 89.6 Å². The lowest BCUT2D eigenvalue weighted by Crippen LogP contribution is -1.97. The van der Waals surface area contributed by atoms with Crippen LogP contribution in [0.15, 0.2) is 72.9 Å². The Morgan fingerprint density at radius 1 is 0.821 bits per heavy atom. The number of halogens is 3. The zero-order valence-corrected chi connectivity index (χ0v) is 15.2. The zero-order valence-electron chi connectivity index (χ0n) is 14.4. The van der Waals surface area contributed by atoms with Crippen LogP contribution in [0.2, 0.25) is 5.02 Å². The van der Waals surface area contributed by atoms with E-state index >= 15 is 0 Å². The number of nitrogens with zero attached hydrogens (tertiary/aromatic N) is 3. The minimum atomic E-state index is -0.397. The van der Waals surface area contributed by atoms with Crippen LogP contribution in [-0.4, -0.2) is 14.8 Å². The van der Waals surface area contributed by atoms with Crippen LogP contribution in [0, 0.1) is 11.6 Å². The molecule has 0 bridgehead atoms. The van der Waals surface area contributed by atoms with Gasteiger partial charge in [0.2, 0.25) is 0 Å². The summed E-state index contributed by atoms with van der Waals surface area (Å²) in [6, 6.07) is 18.2. The quantitative estimate of drug-likeness (QED) is 0.360. The highest BCUT2D eigenvalue weighted by Crippen LogP contribution is 2.34. The fourth-order valence-corrected chi connectivity index (χ4v) is 3.49. The summed E-state index contributed by atoms with van der Waals surface area (Å²) in [4.78, 5) is 4.31. The standard InChI is InChI=1S/C22H12ClF2N3/c23-14-6-10-16(11-7-14)28-22-17-2-1-3-19(25)21(17)26-12-18(22)20(27-28)13-4-8-15(24)9-5-13/h1-12H. The molecule has 0 N–H and O–H groups in total. The largest absolute Gasteiger partial charge is 0.252 e. The molecule has 0 aliphatic heterocycles. The molecule has 2 aromatic heterocycles. The van der Waals surface area contributed by atoms with Crippen LogP contribution in [0.3, 0.4) is 0 Å². The maximum Gasteiger partial charge on any atom is 0.149 e. The maximum atomic E-state index is 14.3. The first-order valence-corrected chi connectivity index (χ1v) is 8.97. The summed E-state index contributed by atoms with van der Waals surface area (Å²) in [6.45, 7) is 0. The smallest absolute Gasteiger partial charge is 0.149 e. The van der Waals surface area contributed by atoms with Crippen molar-refractivity contribution in [1.29, 1.82) is 0 Å². The molecule has 0 aliphatic rings. The van der Waals surface area contributed by atoms with Gasteiger partial charge >= 0.3 is 0 Å². The predicted molar refractivity (Wildman–Crippen MR) is 107 cm³/mol. The molecule has 0 unspecified atom stereocenters. The Labute approximate surface area is 163 Å². The van der Waals surface area contributed by atoms with Gasteiger partial charge in [-0.3, -0.25) is 4.98 Å². The Kier molecular flexibility index (Phi) is 3.84. The topological polar surface area (TPSA) is 30.7 Å². The van der Waals surface area contributed by atoms with Gasteiger partial charge in [-0.05, 0) is 54.6 Å². The molecule has 0 saturated carbocycles. The Bertz CT molecular complexity index is 1330. The van der Waals surface area contributed by atoms with Gasteiger partial charge in [0.15, 0.2) is 0 Å². The molecular formula is C22H12ClF2N3. The fraction of sp³-hybridized carbons (Fsp3) is 0. The zero-order chi connectivity index (χ0) is 19.3. The number of hydrogen-bond acceptors (Lipinski definition) is 2. The van der Waals surface area contributed by atoms with Crippen molar-refractivity contribution in [2.75, 3.05) is 0 Å². The number of benzene rings is 3. The van der Waals surface area contributed by atoms with Crippen molar-refractivity contribution in [1.82, 2.24) is 14.8 Å². The van der Waals surface area contributed by atoms with Crippen molar-refractivity contribution < 1.29 is 8.78 Å². The second kappa shape index (κ2) is 6.39. The van der Waals surface area contributed by atoms with E-state index in [1.54, 1.807) is 41.2 Å². The van der Waals surface area contributed by atoms with Crippen LogP contribution in [0.25, 0.3) is 38.8 Å². The van der Waals surface area contributed by atoms with Crippen LogP contribution in [0.1, 0.15) is 0 Å². The first-order chi connectivity index (χ1) is 13.6. The number of aromatic nitrogens is 3. The number of rotatable bonds is 2. The van der Waals surface area contributed by atoms with E-state index in [1.807, 2.05) is 18.2 Å². The average molecular weight is 392 g/mol. The summed E-state index contributed by atoms with van der Waals surface area (Å²) in [5.41, 5.74) is 3.17. The molecule has 0 atom stereocenters. The minimum Gasteiger partial charge on any atom is -0.252 e. The highest BCUT2D eigenvalue weighted by Gasteiger charge is 2.18. The molecule has 0 aliphatic carbocycles. The molecule has 0 spiro atoms. The minimum absolute atomic E-state index is 0.274. The highest BCUT2D eigenvalue weighted by molar-refractivity contribution is 6.30. The second-order valence-corrected chi connectivity index (χ2v) is 6.84. The first kappa shape index (κ1) is 16.8. The van der Waals surface area contributed by atoms with Gasteiger partial charge in [-0.25, -0.2) is 13.5 Å². The normalized spacial score (nSPS) is 11.4. The van der Waals surface area contributed by atoms with Gasteiger partial charge in [0.05, 0.1) is 11.2 Å². The molecule has 0 amide bonds. The van der Waals surface area contributed by atoms with Gasteiger partial charge in [-0.1, -0.05) is 23.7 Å². The number of fused-ring (bicyclic) bond motifs is 3. The number of hydrogen-bond donors (Lipinski definition) is 0. The van der Waals surface area contributed by atoms with Crippen molar-refractivity contribution in [2.24, 2.45) is 0 Å². The third-order valence-electron chi connectivity index (χ3n) is 4.68. The molecule has 0 fully saturated rings. The Hall–Kier alpha value is -3.31. The second-order valence-electron chi connectivity index (χ2n) is 6.40. The summed E-state index contributed by atoms with van der Waals surface area (Å²) in [5, 5.41) is 6.76. The summed E-state index contributed by atoms with van der Waals surface area (Å²) >= 11 is 6.02. The number of para-hydroxylation sites is 1. The van der Waals surface area contributed by atoms with E-state index in [-0.39, 0.29) is 11.3 Å². The maximum absolute atomic E-state index is 14.3. The lowest BCUT2D eigenvalue weighted by molar-refractivity contribution is 0.628. The van der Waals surface area contributed by atoms with Gasteiger partial charge in [-0.2, -0.15) is 5.10 Å². The first-order valence-electron chi connectivity index (χ1n) is 8.59.